The largest absolute Gasteiger partial charge is 0.392 e. The van der Waals surface area contributed by atoms with Crippen molar-refractivity contribution in [1.29, 1.82) is 0 Å². The van der Waals surface area contributed by atoms with E-state index >= 15 is 0 Å². The van der Waals surface area contributed by atoms with Crippen molar-refractivity contribution in [2.75, 3.05) is 19.8 Å². The van der Waals surface area contributed by atoms with Gasteiger partial charge in [-0.3, -0.25) is 0 Å². The second kappa shape index (κ2) is 6.88. The van der Waals surface area contributed by atoms with Crippen molar-refractivity contribution in [3.63, 3.8) is 0 Å². The molecule has 0 aromatic carbocycles. The first-order valence-electron chi connectivity index (χ1n) is 6.29. The Bertz CT molecular complexity index is 341. The fraction of sp³-hybridized carbons (Fsp3) is 0.600. The Balaban J connectivity index is 2.48. The lowest BCUT2D eigenvalue weighted by molar-refractivity contribution is -0.202. The van der Waals surface area contributed by atoms with E-state index in [2.05, 4.69) is 13.8 Å². The molecule has 0 amide bonds. The van der Waals surface area contributed by atoms with E-state index in [0.29, 0.717) is 0 Å². The van der Waals surface area contributed by atoms with Crippen LogP contribution in [0.15, 0.2) is 35.5 Å². The van der Waals surface area contributed by atoms with E-state index in [1.807, 2.05) is 38.2 Å². The van der Waals surface area contributed by atoms with Crippen LogP contribution in [-0.2, 0) is 9.47 Å². The second-order valence-electron chi connectivity index (χ2n) is 5.58. The van der Waals surface area contributed by atoms with Gasteiger partial charge in [0.25, 0.3) is 0 Å². The molecule has 1 heterocycles. The number of rotatable bonds is 4. The first-order valence-corrected chi connectivity index (χ1v) is 6.29. The summed E-state index contributed by atoms with van der Waals surface area (Å²) in [5, 5.41) is 8.84. The van der Waals surface area contributed by atoms with E-state index in [9.17, 15) is 0 Å². The number of hydrogen-bond acceptors (Lipinski definition) is 3. The van der Waals surface area contributed by atoms with Gasteiger partial charge in [0.2, 0.25) is 0 Å². The van der Waals surface area contributed by atoms with E-state index in [0.717, 1.165) is 24.4 Å². The van der Waals surface area contributed by atoms with E-state index in [1.165, 1.54) is 0 Å². The van der Waals surface area contributed by atoms with Gasteiger partial charge in [0, 0.05) is 5.41 Å². The van der Waals surface area contributed by atoms with Gasteiger partial charge >= 0.3 is 0 Å². The highest BCUT2D eigenvalue weighted by molar-refractivity contribution is 5.19. The first kappa shape index (κ1) is 15.2. The molecule has 1 N–H and O–H groups in total. The van der Waals surface area contributed by atoms with Gasteiger partial charge in [-0.1, -0.05) is 38.2 Å². The van der Waals surface area contributed by atoms with Crippen LogP contribution in [0.3, 0.4) is 0 Å². The summed E-state index contributed by atoms with van der Waals surface area (Å²) in [5.41, 5.74) is 2.09. The number of aliphatic hydroxyl groups excluding tert-OH is 1. The summed E-state index contributed by atoms with van der Waals surface area (Å²) in [7, 11) is 0. The van der Waals surface area contributed by atoms with Gasteiger partial charge in [0.1, 0.15) is 0 Å². The highest BCUT2D eigenvalue weighted by Gasteiger charge is 2.28. The Hall–Kier alpha value is -0.900. The zero-order chi connectivity index (χ0) is 13.6. The van der Waals surface area contributed by atoms with Crippen LogP contribution in [0.2, 0.25) is 0 Å². The molecule has 1 aliphatic heterocycles. The lowest BCUT2D eigenvalue weighted by atomic mass is 9.95. The summed E-state index contributed by atoms with van der Waals surface area (Å²) in [4.78, 5) is 0. The van der Waals surface area contributed by atoms with E-state index in [4.69, 9.17) is 14.6 Å². The van der Waals surface area contributed by atoms with Gasteiger partial charge < -0.3 is 14.6 Å². The number of hydrogen-bond donors (Lipinski definition) is 1. The lowest BCUT2D eigenvalue weighted by Gasteiger charge is -2.34. The third-order valence-electron chi connectivity index (χ3n) is 2.72. The summed E-state index contributed by atoms with van der Waals surface area (Å²) in [5.74, 6) is 0. The van der Waals surface area contributed by atoms with E-state index in [1.54, 1.807) is 0 Å². The molecule has 0 bridgehead atoms. The topological polar surface area (TPSA) is 38.7 Å². The maximum atomic E-state index is 8.84. The zero-order valence-corrected chi connectivity index (χ0v) is 11.8. The molecular formula is C15H24O3. The Morgan fingerprint density at radius 3 is 2.28 bits per heavy atom. The van der Waals surface area contributed by atoms with Crippen molar-refractivity contribution in [3.8, 4) is 0 Å². The molecule has 0 spiro atoms. The zero-order valence-electron chi connectivity index (χ0n) is 11.8. The van der Waals surface area contributed by atoms with Crippen LogP contribution in [0, 0.1) is 5.41 Å². The van der Waals surface area contributed by atoms with Gasteiger partial charge in [-0.05, 0) is 25.0 Å². The average Bonchev–Trinajstić information content (AvgIpc) is 2.33. The quantitative estimate of drug-likeness (QED) is 0.782. The molecule has 0 unspecified atom stereocenters. The molecule has 3 heteroatoms. The monoisotopic (exact) mass is 252 g/mol. The van der Waals surface area contributed by atoms with Crippen LogP contribution in [0.5, 0.6) is 0 Å². The predicted molar refractivity (Wildman–Crippen MR) is 73.2 cm³/mol. The molecule has 18 heavy (non-hydrogen) atoms. The van der Waals surface area contributed by atoms with Crippen LogP contribution in [0.4, 0.5) is 0 Å². The van der Waals surface area contributed by atoms with E-state index < -0.39 is 0 Å². The molecular weight excluding hydrogens is 228 g/mol. The molecule has 0 saturated carbocycles. The molecule has 1 rings (SSSR count). The highest BCUT2D eigenvalue weighted by Crippen LogP contribution is 2.25. The summed E-state index contributed by atoms with van der Waals surface area (Å²) in [6.07, 6.45) is 7.47. The first-order chi connectivity index (χ1) is 8.44. The van der Waals surface area contributed by atoms with Gasteiger partial charge in [0.05, 0.1) is 19.8 Å². The van der Waals surface area contributed by atoms with Crippen LogP contribution in [-0.4, -0.2) is 31.2 Å². The minimum atomic E-state index is -0.231. The molecule has 0 aliphatic carbocycles. The standard InChI is InChI=1S/C15H24O3/c1-12(9-16)7-5-6-8-13(2)14-17-10-15(3,4)11-18-14/h5-8,14,16H,9-11H2,1-4H3/b6-5+,12-7+,13-8+. The van der Waals surface area contributed by atoms with Crippen LogP contribution >= 0.6 is 0 Å². The molecule has 3 nitrogen and oxygen atoms in total. The molecule has 0 atom stereocenters. The van der Waals surface area contributed by atoms with Crippen LogP contribution in [0.1, 0.15) is 27.7 Å². The minimum Gasteiger partial charge on any atom is -0.392 e. The maximum Gasteiger partial charge on any atom is 0.179 e. The fourth-order valence-corrected chi connectivity index (χ4v) is 1.51. The van der Waals surface area contributed by atoms with Crippen LogP contribution in [0.25, 0.3) is 0 Å². The molecule has 1 fully saturated rings. The van der Waals surface area contributed by atoms with Gasteiger partial charge in [-0.25, -0.2) is 0 Å². The normalized spacial score (nSPS) is 22.7. The van der Waals surface area contributed by atoms with Crippen molar-refractivity contribution in [1.82, 2.24) is 0 Å². The fourth-order valence-electron chi connectivity index (χ4n) is 1.51. The minimum absolute atomic E-state index is 0.0942. The second-order valence-corrected chi connectivity index (χ2v) is 5.58. The molecule has 102 valence electrons. The number of aliphatic hydroxyl groups is 1. The smallest absolute Gasteiger partial charge is 0.179 e. The molecule has 0 radical (unpaired) electrons. The predicted octanol–water partition coefficient (Wildman–Crippen LogP) is 2.83. The SMILES string of the molecule is C\C(=C/C=C/C=C(\C)C1OCC(C)(C)CO1)CO. The molecule has 1 aliphatic rings. The maximum absolute atomic E-state index is 8.84. The third kappa shape index (κ3) is 5.17. The van der Waals surface area contributed by atoms with Crippen molar-refractivity contribution >= 4 is 0 Å². The average molecular weight is 252 g/mol. The van der Waals surface area contributed by atoms with Crippen molar-refractivity contribution < 1.29 is 14.6 Å². The molecule has 0 aromatic rings. The Morgan fingerprint density at radius 2 is 1.72 bits per heavy atom. The molecule has 1 saturated heterocycles. The lowest BCUT2D eigenvalue weighted by Crippen LogP contribution is -2.38. The van der Waals surface area contributed by atoms with Crippen molar-refractivity contribution in [2.45, 2.75) is 34.0 Å². The Labute approximate surface area is 110 Å². The summed E-state index contributed by atoms with van der Waals surface area (Å²) >= 11 is 0. The summed E-state index contributed by atoms with van der Waals surface area (Å²) < 4.78 is 11.3. The van der Waals surface area contributed by atoms with Crippen molar-refractivity contribution in [3.05, 3.63) is 35.5 Å². The highest BCUT2D eigenvalue weighted by atomic mass is 16.7. The van der Waals surface area contributed by atoms with E-state index in [-0.39, 0.29) is 18.3 Å². The Morgan fingerprint density at radius 1 is 1.17 bits per heavy atom. The summed E-state index contributed by atoms with van der Waals surface area (Å²) in [6, 6.07) is 0. The van der Waals surface area contributed by atoms with Crippen molar-refractivity contribution in [2.24, 2.45) is 5.41 Å². The van der Waals surface area contributed by atoms with Gasteiger partial charge in [0.15, 0.2) is 6.29 Å². The Kier molecular flexibility index (Phi) is 5.79. The number of allylic oxidation sites excluding steroid dienone is 4. The molecule has 0 aromatic heterocycles. The third-order valence-corrected chi connectivity index (χ3v) is 2.72. The summed E-state index contributed by atoms with van der Waals surface area (Å²) in [6.45, 7) is 9.67. The van der Waals surface area contributed by atoms with Crippen LogP contribution < -0.4 is 0 Å². The van der Waals surface area contributed by atoms with Gasteiger partial charge in [-0.15, -0.1) is 0 Å². The number of ether oxygens (including phenoxy) is 2. The van der Waals surface area contributed by atoms with Gasteiger partial charge in [-0.2, -0.15) is 0 Å².